The highest BCUT2D eigenvalue weighted by molar-refractivity contribution is 5.60. The fraction of sp³-hybridized carbons (Fsp3) is 0.231. The van der Waals surface area contributed by atoms with Crippen LogP contribution >= 0.6 is 0 Å². The van der Waals surface area contributed by atoms with Gasteiger partial charge in [0.2, 0.25) is 0 Å². The number of nitrogens with one attached hydrogen (secondary N) is 2. The maximum absolute atomic E-state index is 5.39. The van der Waals surface area contributed by atoms with Crippen LogP contribution in [-0.4, -0.2) is 24.2 Å². The van der Waals surface area contributed by atoms with Crippen LogP contribution in [0.3, 0.4) is 0 Å². The minimum Gasteiger partial charge on any atom is -0.497 e. The third kappa shape index (κ3) is 3.56. The Morgan fingerprint density at radius 2 is 1.95 bits per heavy atom. The Morgan fingerprint density at radius 3 is 2.65 bits per heavy atom. The molecule has 1 aromatic heterocycles. The number of anilines is 3. The number of methoxy groups -OCH3 is 2. The minimum atomic E-state index is 0.308. The van der Waals surface area contributed by atoms with Gasteiger partial charge < -0.3 is 20.2 Å². The van der Waals surface area contributed by atoms with Crippen LogP contribution in [0.25, 0.3) is 0 Å². The van der Waals surface area contributed by atoms with Gasteiger partial charge in [0.15, 0.2) is 5.82 Å². The van der Waals surface area contributed by atoms with Crippen LogP contribution in [0, 0.1) is 0 Å². The molecule has 0 atom stereocenters. The van der Waals surface area contributed by atoms with Crippen LogP contribution in [0.2, 0.25) is 0 Å². The molecular formula is C13H17N5O2. The molecule has 20 heavy (non-hydrogen) atoms. The van der Waals surface area contributed by atoms with E-state index >= 15 is 0 Å². The van der Waals surface area contributed by atoms with Gasteiger partial charge in [-0.15, -0.1) is 0 Å². The van der Waals surface area contributed by atoms with E-state index in [1.807, 2.05) is 24.3 Å². The zero-order valence-electron chi connectivity index (χ0n) is 11.4. The van der Waals surface area contributed by atoms with Crippen LogP contribution in [0.1, 0.15) is 5.82 Å². The molecule has 1 heterocycles. The highest BCUT2D eigenvalue weighted by Gasteiger charge is 2.05. The molecule has 0 saturated heterocycles. The molecule has 0 spiro atoms. The van der Waals surface area contributed by atoms with Crippen molar-refractivity contribution in [2.45, 2.75) is 6.61 Å². The molecule has 2 aromatic rings. The summed E-state index contributed by atoms with van der Waals surface area (Å²) in [6.45, 7) is 0.308. The summed E-state index contributed by atoms with van der Waals surface area (Å²) in [5.74, 6) is 7.82. The first-order valence-electron chi connectivity index (χ1n) is 5.99. The van der Waals surface area contributed by atoms with Crippen molar-refractivity contribution in [1.29, 1.82) is 0 Å². The first-order chi connectivity index (χ1) is 9.75. The van der Waals surface area contributed by atoms with Crippen molar-refractivity contribution in [3.05, 3.63) is 36.2 Å². The van der Waals surface area contributed by atoms with E-state index in [0.717, 1.165) is 11.4 Å². The van der Waals surface area contributed by atoms with Gasteiger partial charge in [0.1, 0.15) is 24.0 Å². The average molecular weight is 275 g/mol. The van der Waals surface area contributed by atoms with Crippen LogP contribution in [0.5, 0.6) is 5.75 Å². The predicted octanol–water partition coefficient (Wildman–Crippen LogP) is 1.66. The van der Waals surface area contributed by atoms with Crippen LogP contribution < -0.4 is 21.3 Å². The Labute approximate surface area is 117 Å². The quantitative estimate of drug-likeness (QED) is 0.545. The molecular weight excluding hydrogens is 258 g/mol. The van der Waals surface area contributed by atoms with E-state index in [-0.39, 0.29) is 0 Å². The van der Waals surface area contributed by atoms with Crippen molar-refractivity contribution in [3.8, 4) is 5.75 Å². The summed E-state index contributed by atoms with van der Waals surface area (Å²) < 4.78 is 10.2. The maximum atomic E-state index is 5.39. The predicted molar refractivity (Wildman–Crippen MR) is 76.8 cm³/mol. The second-order valence-electron chi connectivity index (χ2n) is 3.99. The van der Waals surface area contributed by atoms with Gasteiger partial charge in [0.25, 0.3) is 0 Å². The molecule has 0 unspecified atom stereocenters. The smallest absolute Gasteiger partial charge is 0.158 e. The normalized spacial score (nSPS) is 10.2. The molecule has 7 nitrogen and oxygen atoms in total. The van der Waals surface area contributed by atoms with E-state index < -0.39 is 0 Å². The van der Waals surface area contributed by atoms with E-state index in [4.69, 9.17) is 15.3 Å². The number of hydrogen-bond acceptors (Lipinski definition) is 7. The largest absolute Gasteiger partial charge is 0.497 e. The first kappa shape index (κ1) is 14.0. The van der Waals surface area contributed by atoms with E-state index in [1.54, 1.807) is 20.3 Å². The molecule has 0 bridgehead atoms. The average Bonchev–Trinajstić information content (AvgIpc) is 2.47. The molecule has 4 N–H and O–H groups in total. The monoisotopic (exact) mass is 275 g/mol. The molecule has 1 aromatic carbocycles. The van der Waals surface area contributed by atoms with Crippen molar-refractivity contribution in [1.82, 2.24) is 9.97 Å². The topological polar surface area (TPSA) is 94.3 Å². The van der Waals surface area contributed by atoms with Crippen LogP contribution in [0.4, 0.5) is 17.3 Å². The molecule has 2 rings (SSSR count). The molecule has 0 aliphatic heterocycles. The second kappa shape index (κ2) is 6.69. The Hall–Kier alpha value is -2.38. The lowest BCUT2D eigenvalue weighted by molar-refractivity contribution is 0.178. The molecule has 106 valence electrons. The first-order valence-corrected chi connectivity index (χ1v) is 5.99. The number of rotatable bonds is 6. The van der Waals surface area contributed by atoms with Gasteiger partial charge in [-0.25, -0.2) is 15.8 Å². The van der Waals surface area contributed by atoms with Crippen molar-refractivity contribution >= 4 is 17.3 Å². The molecule has 7 heteroatoms. The third-order valence-corrected chi connectivity index (χ3v) is 2.54. The van der Waals surface area contributed by atoms with E-state index in [9.17, 15) is 0 Å². The van der Waals surface area contributed by atoms with E-state index in [0.29, 0.717) is 24.1 Å². The Kier molecular flexibility index (Phi) is 4.70. The summed E-state index contributed by atoms with van der Waals surface area (Å²) in [5.41, 5.74) is 3.36. The number of aromatic nitrogens is 2. The van der Waals surface area contributed by atoms with E-state index in [1.165, 1.54) is 0 Å². The van der Waals surface area contributed by atoms with Gasteiger partial charge in [-0.2, -0.15) is 0 Å². The van der Waals surface area contributed by atoms with Crippen molar-refractivity contribution in [2.24, 2.45) is 5.84 Å². The van der Waals surface area contributed by atoms with Crippen molar-refractivity contribution in [3.63, 3.8) is 0 Å². The molecule has 0 aliphatic rings. The fourth-order valence-electron chi connectivity index (χ4n) is 1.68. The second-order valence-corrected chi connectivity index (χ2v) is 3.99. The molecule has 0 fully saturated rings. The Balaban J connectivity index is 2.24. The number of nitrogens with two attached hydrogens (primary N) is 1. The molecule has 0 aliphatic carbocycles. The zero-order valence-corrected chi connectivity index (χ0v) is 11.4. The number of nitrogens with zero attached hydrogens (tertiary/aromatic N) is 2. The van der Waals surface area contributed by atoms with Crippen LogP contribution in [-0.2, 0) is 11.3 Å². The lowest BCUT2D eigenvalue weighted by atomic mass is 10.3. The highest BCUT2D eigenvalue weighted by atomic mass is 16.5. The molecule has 0 radical (unpaired) electrons. The minimum absolute atomic E-state index is 0.308. The van der Waals surface area contributed by atoms with Gasteiger partial charge >= 0.3 is 0 Å². The zero-order chi connectivity index (χ0) is 14.4. The number of ether oxygens (including phenoxy) is 2. The molecule has 0 saturated carbocycles. The van der Waals surface area contributed by atoms with Gasteiger partial charge in [0.05, 0.1) is 7.11 Å². The van der Waals surface area contributed by atoms with Crippen molar-refractivity contribution < 1.29 is 9.47 Å². The maximum Gasteiger partial charge on any atom is 0.158 e. The summed E-state index contributed by atoms with van der Waals surface area (Å²) >= 11 is 0. The summed E-state index contributed by atoms with van der Waals surface area (Å²) in [6, 6.07) is 9.25. The standard InChI is InChI=1S/C13H17N5O2/c1-19-8-13-16-11(7-12(17-13)18-14)15-9-4-3-5-10(6-9)20-2/h3-7H,8,14H2,1-2H3,(H2,15,16,17,18). The van der Waals surface area contributed by atoms with Gasteiger partial charge in [-0.05, 0) is 12.1 Å². The Bertz CT molecular complexity index is 576. The van der Waals surface area contributed by atoms with E-state index in [2.05, 4.69) is 20.7 Å². The lowest BCUT2D eigenvalue weighted by Crippen LogP contribution is -2.11. The highest BCUT2D eigenvalue weighted by Crippen LogP contribution is 2.21. The number of benzene rings is 1. The fourth-order valence-corrected chi connectivity index (χ4v) is 1.68. The number of hydrogen-bond donors (Lipinski definition) is 3. The lowest BCUT2D eigenvalue weighted by Gasteiger charge is -2.10. The van der Waals surface area contributed by atoms with Crippen LogP contribution in [0.15, 0.2) is 30.3 Å². The number of hydrazine groups is 1. The summed E-state index contributed by atoms with van der Waals surface area (Å²) in [7, 11) is 3.21. The summed E-state index contributed by atoms with van der Waals surface area (Å²) in [6.07, 6.45) is 0. The van der Waals surface area contributed by atoms with Gasteiger partial charge in [-0.1, -0.05) is 6.07 Å². The number of nitrogen functional groups attached to an aromatic ring is 1. The van der Waals surface area contributed by atoms with Gasteiger partial charge in [-0.3, -0.25) is 0 Å². The third-order valence-electron chi connectivity index (χ3n) is 2.54. The van der Waals surface area contributed by atoms with Crippen molar-refractivity contribution in [2.75, 3.05) is 25.0 Å². The SMILES string of the molecule is COCc1nc(NN)cc(Nc2cccc(OC)c2)n1. The summed E-state index contributed by atoms with van der Waals surface area (Å²) in [5, 5.41) is 3.17. The summed E-state index contributed by atoms with van der Waals surface area (Å²) in [4.78, 5) is 8.52. The van der Waals surface area contributed by atoms with Gasteiger partial charge in [0, 0.05) is 24.9 Å². The molecule has 0 amide bonds. The Morgan fingerprint density at radius 1 is 1.15 bits per heavy atom.